The van der Waals surface area contributed by atoms with E-state index in [9.17, 15) is 14.7 Å². The van der Waals surface area contributed by atoms with E-state index in [1.807, 2.05) is 30.3 Å². The van der Waals surface area contributed by atoms with Crippen LogP contribution in [-0.4, -0.2) is 36.5 Å². The Balaban J connectivity index is 1.80. The molecule has 1 heterocycles. The Kier molecular flexibility index (Phi) is 7.10. The van der Waals surface area contributed by atoms with E-state index in [4.69, 9.17) is 9.47 Å². The van der Waals surface area contributed by atoms with Crippen LogP contribution in [-0.2, 0) is 11.4 Å². The summed E-state index contributed by atoms with van der Waals surface area (Å²) in [6.45, 7) is 0.771. The first-order valence-corrected chi connectivity index (χ1v) is 9.48. The van der Waals surface area contributed by atoms with Gasteiger partial charge in [0.15, 0.2) is 5.78 Å². The van der Waals surface area contributed by atoms with E-state index in [0.717, 1.165) is 5.56 Å². The molecule has 3 rings (SSSR count). The molecule has 0 aromatic heterocycles. The van der Waals surface area contributed by atoms with Gasteiger partial charge in [-0.1, -0.05) is 36.4 Å². The number of Topliss-reactive ketones (excluding diaryl/α,β-unsaturated/α-hetero) is 1. The Morgan fingerprint density at radius 1 is 1.14 bits per heavy atom. The summed E-state index contributed by atoms with van der Waals surface area (Å²) >= 11 is 0. The number of nitrogens with one attached hydrogen (secondary N) is 2. The van der Waals surface area contributed by atoms with Crippen LogP contribution in [0.2, 0.25) is 0 Å². The number of ketones is 1. The van der Waals surface area contributed by atoms with E-state index in [0.29, 0.717) is 31.7 Å². The molecular weight excluding hydrogens is 372 g/mol. The maximum atomic E-state index is 12.6. The number of hydrogen-bond donors (Lipinski definition) is 3. The lowest BCUT2D eigenvalue weighted by Crippen LogP contribution is -2.28. The molecule has 2 aromatic carbocycles. The first-order chi connectivity index (χ1) is 14.1. The smallest absolute Gasteiger partial charge is 0.220 e. The van der Waals surface area contributed by atoms with Gasteiger partial charge in [0.05, 0.1) is 13.1 Å². The van der Waals surface area contributed by atoms with Gasteiger partial charge in [-0.25, -0.2) is 0 Å². The van der Waals surface area contributed by atoms with E-state index in [1.165, 1.54) is 6.07 Å². The summed E-state index contributed by atoms with van der Waals surface area (Å²) in [6, 6.07) is 12.6. The minimum atomic E-state index is -0.308. The summed E-state index contributed by atoms with van der Waals surface area (Å²) in [4.78, 5) is 24.3. The highest BCUT2D eigenvalue weighted by molar-refractivity contribution is 6.02. The first-order valence-electron chi connectivity index (χ1n) is 9.48. The molecule has 0 saturated carbocycles. The molecule has 152 valence electrons. The number of rotatable bonds is 3. The van der Waals surface area contributed by atoms with Crippen molar-refractivity contribution in [1.29, 1.82) is 0 Å². The molecule has 0 radical (unpaired) electrons. The van der Waals surface area contributed by atoms with Gasteiger partial charge in [-0.3, -0.25) is 9.59 Å². The van der Waals surface area contributed by atoms with Crippen LogP contribution in [0.4, 0.5) is 0 Å². The largest absolute Gasteiger partial charge is 0.507 e. The molecule has 7 nitrogen and oxygen atoms in total. The third-order valence-electron chi connectivity index (χ3n) is 4.30. The molecule has 0 fully saturated rings. The quantitative estimate of drug-likeness (QED) is 0.738. The van der Waals surface area contributed by atoms with Crippen LogP contribution < -0.4 is 20.1 Å². The summed E-state index contributed by atoms with van der Waals surface area (Å²) in [6.07, 6.45) is 4.35. The van der Waals surface area contributed by atoms with Crippen LogP contribution in [0.1, 0.15) is 28.8 Å². The van der Waals surface area contributed by atoms with Gasteiger partial charge in [-0.2, -0.15) is 0 Å². The Morgan fingerprint density at radius 3 is 2.79 bits per heavy atom. The molecule has 2 aromatic rings. The predicted octanol–water partition coefficient (Wildman–Crippen LogP) is 2.55. The summed E-state index contributed by atoms with van der Waals surface area (Å²) in [5.41, 5.74) is 1.06. The predicted molar refractivity (Wildman–Crippen MR) is 108 cm³/mol. The lowest BCUT2D eigenvalue weighted by Gasteiger charge is -2.16. The minimum absolute atomic E-state index is 0.00314. The van der Waals surface area contributed by atoms with Crippen molar-refractivity contribution in [2.45, 2.75) is 19.4 Å². The second-order valence-corrected chi connectivity index (χ2v) is 6.53. The molecule has 1 aliphatic rings. The fourth-order valence-electron chi connectivity index (χ4n) is 2.86. The van der Waals surface area contributed by atoms with Crippen LogP contribution in [0.3, 0.4) is 0 Å². The van der Waals surface area contributed by atoms with Gasteiger partial charge >= 0.3 is 0 Å². The first kappa shape index (κ1) is 20.3. The van der Waals surface area contributed by atoms with E-state index in [-0.39, 0.29) is 41.9 Å². The average Bonchev–Trinajstić information content (AvgIpc) is 2.72. The van der Waals surface area contributed by atoms with Crippen molar-refractivity contribution >= 4 is 11.7 Å². The number of allylic oxidation sites excluding steroid dienone is 1. The number of phenols is 1. The van der Waals surface area contributed by atoms with Crippen LogP contribution >= 0.6 is 0 Å². The molecule has 29 heavy (non-hydrogen) atoms. The van der Waals surface area contributed by atoms with Crippen molar-refractivity contribution in [3.8, 4) is 17.2 Å². The Labute approximate surface area is 169 Å². The lowest BCUT2D eigenvalue weighted by atomic mass is 10.1. The van der Waals surface area contributed by atoms with Crippen molar-refractivity contribution < 1.29 is 24.2 Å². The van der Waals surface area contributed by atoms with Gasteiger partial charge in [0.2, 0.25) is 5.91 Å². The Hall–Kier alpha value is -3.48. The number of fused-ring (bicyclic) bond motifs is 1. The molecule has 0 bridgehead atoms. The maximum Gasteiger partial charge on any atom is 0.220 e. The summed E-state index contributed by atoms with van der Waals surface area (Å²) in [7, 11) is 0. The third kappa shape index (κ3) is 6.00. The topological polar surface area (TPSA) is 96.9 Å². The van der Waals surface area contributed by atoms with Gasteiger partial charge in [0.25, 0.3) is 0 Å². The molecular formula is C22H24N2O5. The molecule has 0 spiro atoms. The number of benzene rings is 2. The lowest BCUT2D eigenvalue weighted by molar-refractivity contribution is -0.121. The number of carbonyl (C=O) groups excluding carboxylic acids is 2. The van der Waals surface area contributed by atoms with Gasteiger partial charge < -0.3 is 25.2 Å². The van der Waals surface area contributed by atoms with Crippen LogP contribution in [0.15, 0.2) is 54.7 Å². The maximum absolute atomic E-state index is 12.6. The van der Waals surface area contributed by atoms with E-state index in [1.54, 1.807) is 18.3 Å². The van der Waals surface area contributed by atoms with Crippen molar-refractivity contribution in [1.82, 2.24) is 10.6 Å². The highest BCUT2D eigenvalue weighted by atomic mass is 16.5. The minimum Gasteiger partial charge on any atom is -0.507 e. The number of phenolic OH excluding ortho intramolecular Hbond substituents is 1. The van der Waals surface area contributed by atoms with Gasteiger partial charge in [0.1, 0.15) is 36.0 Å². The van der Waals surface area contributed by atoms with Crippen LogP contribution in [0.5, 0.6) is 17.2 Å². The fourth-order valence-corrected chi connectivity index (χ4v) is 2.86. The second-order valence-electron chi connectivity index (χ2n) is 6.53. The molecule has 1 amide bonds. The van der Waals surface area contributed by atoms with E-state index in [2.05, 4.69) is 10.6 Å². The summed E-state index contributed by atoms with van der Waals surface area (Å²) in [5, 5.41) is 16.1. The number of aromatic hydroxyl groups is 1. The van der Waals surface area contributed by atoms with Crippen LogP contribution in [0.25, 0.3) is 0 Å². The molecule has 1 aliphatic heterocycles. The van der Waals surface area contributed by atoms with Gasteiger partial charge in [-0.05, 0) is 18.2 Å². The Morgan fingerprint density at radius 2 is 1.97 bits per heavy atom. The fraction of sp³-hybridized carbons (Fsp3) is 0.273. The number of amides is 1. The number of carbonyl (C=O) groups is 2. The zero-order valence-corrected chi connectivity index (χ0v) is 16.0. The highest BCUT2D eigenvalue weighted by Gasteiger charge is 2.20. The zero-order valence-electron chi connectivity index (χ0n) is 16.0. The van der Waals surface area contributed by atoms with Crippen molar-refractivity contribution in [3.63, 3.8) is 0 Å². The monoisotopic (exact) mass is 396 g/mol. The average molecular weight is 396 g/mol. The molecule has 0 aliphatic carbocycles. The van der Waals surface area contributed by atoms with Gasteiger partial charge in [0, 0.05) is 18.6 Å². The van der Waals surface area contributed by atoms with Crippen molar-refractivity contribution in [2.75, 3.05) is 19.7 Å². The SMILES string of the molecule is O=C1CC/C=C/NCC(=O)c2c(O)cc(OCc3ccccc3)cc2OCCN1. The Bertz CT molecular complexity index is 880. The van der Waals surface area contributed by atoms with Crippen molar-refractivity contribution in [2.24, 2.45) is 0 Å². The molecule has 0 unspecified atom stereocenters. The molecule has 0 atom stereocenters. The van der Waals surface area contributed by atoms with Gasteiger partial charge in [-0.15, -0.1) is 0 Å². The third-order valence-corrected chi connectivity index (χ3v) is 4.30. The zero-order chi connectivity index (χ0) is 20.5. The highest BCUT2D eigenvalue weighted by Crippen LogP contribution is 2.34. The summed E-state index contributed by atoms with van der Waals surface area (Å²) < 4.78 is 11.5. The van der Waals surface area contributed by atoms with Crippen molar-refractivity contribution in [3.05, 3.63) is 65.9 Å². The molecule has 3 N–H and O–H groups in total. The normalized spacial score (nSPS) is 16.4. The molecule has 7 heteroatoms. The number of ether oxygens (including phenoxy) is 2. The standard InChI is InChI=1S/C22H24N2O5/c25-18-12-17(29-15-16-6-2-1-3-7-16)13-20-22(18)19(26)14-23-9-5-4-8-21(27)24-10-11-28-20/h1-3,5-7,9,12-13,23,25H,4,8,10-11,14-15H2,(H,24,27)/b9-5+. The summed E-state index contributed by atoms with van der Waals surface area (Å²) in [5.74, 6) is 0.00999. The number of hydrogen-bond acceptors (Lipinski definition) is 6. The molecule has 0 saturated heterocycles. The second kappa shape index (κ2) is 10.2. The van der Waals surface area contributed by atoms with E-state index < -0.39 is 0 Å². The van der Waals surface area contributed by atoms with E-state index >= 15 is 0 Å². The van der Waals surface area contributed by atoms with Crippen LogP contribution in [0, 0.1) is 0 Å².